The van der Waals surface area contributed by atoms with Crippen molar-refractivity contribution in [3.05, 3.63) is 41.2 Å². The molecule has 6 heteroatoms. The first-order valence-corrected chi connectivity index (χ1v) is 7.27. The van der Waals surface area contributed by atoms with Crippen molar-refractivity contribution in [1.82, 2.24) is 15.0 Å². The number of hydrogen-bond donors (Lipinski definition) is 0. The van der Waals surface area contributed by atoms with E-state index in [0.717, 1.165) is 18.5 Å². The molecule has 1 aromatic heterocycles. The van der Waals surface area contributed by atoms with Gasteiger partial charge in [0.2, 0.25) is 0 Å². The van der Waals surface area contributed by atoms with E-state index in [2.05, 4.69) is 16.4 Å². The van der Waals surface area contributed by atoms with Crippen molar-refractivity contribution >= 4 is 5.97 Å². The summed E-state index contributed by atoms with van der Waals surface area (Å²) in [5.74, 6) is -0.0404. The number of ether oxygens (including phenoxy) is 1. The molecule has 1 fully saturated rings. The Morgan fingerprint density at radius 3 is 2.86 bits per heavy atom. The van der Waals surface area contributed by atoms with E-state index in [9.17, 15) is 4.79 Å². The molecule has 22 heavy (non-hydrogen) atoms. The maximum absolute atomic E-state index is 12.0. The summed E-state index contributed by atoms with van der Waals surface area (Å²) in [5.41, 5.74) is 2.37. The van der Waals surface area contributed by atoms with Gasteiger partial charge in [0.05, 0.1) is 23.0 Å². The lowest BCUT2D eigenvalue weighted by Gasteiger charge is -2.10. The molecule has 0 aliphatic heterocycles. The van der Waals surface area contributed by atoms with Gasteiger partial charge in [0.1, 0.15) is 6.07 Å². The van der Waals surface area contributed by atoms with E-state index >= 15 is 0 Å². The number of nitriles is 1. The molecule has 1 aromatic carbocycles. The smallest absolute Gasteiger partial charge is 0.338 e. The SMILES string of the molecule is CC(C)OC(=O)c1cccc(-n2nnc(C#N)c2C2CC2)c1. The molecular formula is C16H16N4O2. The molecule has 0 saturated heterocycles. The molecule has 0 atom stereocenters. The van der Waals surface area contributed by atoms with Crippen LogP contribution in [0.1, 0.15) is 54.4 Å². The van der Waals surface area contributed by atoms with Gasteiger partial charge in [0.15, 0.2) is 5.69 Å². The molecular weight excluding hydrogens is 280 g/mol. The molecule has 0 N–H and O–H groups in total. The Hall–Kier alpha value is -2.68. The first kappa shape index (κ1) is 14.3. The topological polar surface area (TPSA) is 80.8 Å². The van der Waals surface area contributed by atoms with E-state index in [4.69, 9.17) is 10.00 Å². The molecule has 2 aromatic rings. The van der Waals surface area contributed by atoms with Crippen molar-refractivity contribution in [3.8, 4) is 11.8 Å². The van der Waals surface area contributed by atoms with Crippen LogP contribution in [-0.2, 0) is 4.74 Å². The minimum Gasteiger partial charge on any atom is -0.459 e. The van der Waals surface area contributed by atoms with E-state index in [1.165, 1.54) is 0 Å². The number of carbonyl (C=O) groups is 1. The number of benzene rings is 1. The van der Waals surface area contributed by atoms with Crippen molar-refractivity contribution < 1.29 is 9.53 Å². The number of aromatic nitrogens is 3. The third kappa shape index (κ3) is 2.70. The van der Waals surface area contributed by atoms with Gasteiger partial charge in [-0.25, -0.2) is 9.48 Å². The van der Waals surface area contributed by atoms with Crippen molar-refractivity contribution in [2.45, 2.75) is 38.7 Å². The normalized spacial score (nSPS) is 13.9. The van der Waals surface area contributed by atoms with Gasteiger partial charge < -0.3 is 4.74 Å². The van der Waals surface area contributed by atoms with Crippen LogP contribution in [0.25, 0.3) is 5.69 Å². The van der Waals surface area contributed by atoms with Crippen molar-refractivity contribution in [2.75, 3.05) is 0 Å². The predicted molar refractivity (Wildman–Crippen MR) is 78.6 cm³/mol. The summed E-state index contributed by atoms with van der Waals surface area (Å²) < 4.78 is 6.86. The Kier molecular flexibility index (Phi) is 3.63. The van der Waals surface area contributed by atoms with E-state index in [1.54, 1.807) is 22.9 Å². The molecule has 0 bridgehead atoms. The van der Waals surface area contributed by atoms with Crippen LogP contribution in [0.15, 0.2) is 24.3 Å². The van der Waals surface area contributed by atoms with Crippen molar-refractivity contribution in [2.24, 2.45) is 0 Å². The molecule has 0 spiro atoms. The average Bonchev–Trinajstić information content (AvgIpc) is 3.25. The third-order valence-corrected chi connectivity index (χ3v) is 3.44. The summed E-state index contributed by atoms with van der Waals surface area (Å²) in [6.45, 7) is 3.62. The Labute approximate surface area is 128 Å². The van der Waals surface area contributed by atoms with Crippen LogP contribution in [0.2, 0.25) is 0 Å². The zero-order chi connectivity index (χ0) is 15.7. The van der Waals surface area contributed by atoms with Gasteiger partial charge in [-0.3, -0.25) is 0 Å². The first-order chi connectivity index (χ1) is 10.6. The van der Waals surface area contributed by atoms with Gasteiger partial charge in [0.25, 0.3) is 0 Å². The Morgan fingerprint density at radius 2 is 2.23 bits per heavy atom. The van der Waals surface area contributed by atoms with Gasteiger partial charge in [-0.1, -0.05) is 11.3 Å². The zero-order valence-electron chi connectivity index (χ0n) is 12.5. The summed E-state index contributed by atoms with van der Waals surface area (Å²) in [7, 11) is 0. The zero-order valence-corrected chi connectivity index (χ0v) is 12.5. The molecule has 6 nitrogen and oxygen atoms in total. The lowest BCUT2D eigenvalue weighted by atomic mass is 10.2. The van der Waals surface area contributed by atoms with Gasteiger partial charge in [-0.05, 0) is 44.9 Å². The number of rotatable bonds is 4. The summed E-state index contributed by atoms with van der Waals surface area (Å²) in [5, 5.41) is 17.2. The Bertz CT molecular complexity index is 754. The number of esters is 1. The highest BCUT2D eigenvalue weighted by Gasteiger charge is 2.32. The van der Waals surface area contributed by atoms with Gasteiger partial charge >= 0.3 is 5.97 Å². The highest BCUT2D eigenvalue weighted by Crippen LogP contribution is 2.41. The highest BCUT2D eigenvalue weighted by atomic mass is 16.5. The van der Waals surface area contributed by atoms with E-state index in [1.807, 2.05) is 19.9 Å². The minimum absolute atomic E-state index is 0.172. The fourth-order valence-corrected chi connectivity index (χ4v) is 2.33. The summed E-state index contributed by atoms with van der Waals surface area (Å²) in [6.07, 6.45) is 1.91. The second-order valence-electron chi connectivity index (χ2n) is 5.63. The number of nitrogens with zero attached hydrogens (tertiary/aromatic N) is 4. The number of hydrogen-bond acceptors (Lipinski definition) is 5. The molecule has 3 rings (SSSR count). The molecule has 1 saturated carbocycles. The lowest BCUT2D eigenvalue weighted by Crippen LogP contribution is -2.12. The summed E-state index contributed by atoms with van der Waals surface area (Å²) in [4.78, 5) is 12.0. The second kappa shape index (κ2) is 5.60. The van der Waals surface area contributed by atoms with Crippen LogP contribution >= 0.6 is 0 Å². The van der Waals surface area contributed by atoms with Crippen molar-refractivity contribution in [1.29, 1.82) is 5.26 Å². The van der Waals surface area contributed by atoms with Gasteiger partial charge in [-0.2, -0.15) is 5.26 Å². The number of carbonyl (C=O) groups excluding carboxylic acids is 1. The summed E-state index contributed by atoms with van der Waals surface area (Å²) >= 11 is 0. The van der Waals surface area contributed by atoms with E-state index in [0.29, 0.717) is 22.9 Å². The average molecular weight is 296 g/mol. The third-order valence-electron chi connectivity index (χ3n) is 3.44. The van der Waals surface area contributed by atoms with Crippen molar-refractivity contribution in [3.63, 3.8) is 0 Å². The molecule has 112 valence electrons. The predicted octanol–water partition coefficient (Wildman–Crippen LogP) is 2.58. The van der Waals surface area contributed by atoms with E-state index in [-0.39, 0.29) is 12.1 Å². The van der Waals surface area contributed by atoms with Gasteiger partial charge in [0, 0.05) is 5.92 Å². The van der Waals surface area contributed by atoms with Crippen LogP contribution in [0.3, 0.4) is 0 Å². The molecule has 0 radical (unpaired) electrons. The second-order valence-corrected chi connectivity index (χ2v) is 5.63. The van der Waals surface area contributed by atoms with Crippen LogP contribution in [0.4, 0.5) is 0 Å². The standard InChI is InChI=1S/C16H16N4O2/c1-10(2)22-16(21)12-4-3-5-13(8-12)20-15(11-6-7-11)14(9-17)18-19-20/h3-5,8,10-11H,6-7H2,1-2H3. The Balaban J connectivity index is 1.98. The minimum atomic E-state index is -0.370. The van der Waals surface area contributed by atoms with Gasteiger partial charge in [-0.15, -0.1) is 5.10 Å². The maximum atomic E-state index is 12.0. The van der Waals surface area contributed by atoms with Crippen LogP contribution in [-0.4, -0.2) is 27.1 Å². The Morgan fingerprint density at radius 1 is 1.45 bits per heavy atom. The summed E-state index contributed by atoms with van der Waals surface area (Å²) in [6, 6.07) is 9.12. The first-order valence-electron chi connectivity index (χ1n) is 7.27. The fourth-order valence-electron chi connectivity index (χ4n) is 2.33. The maximum Gasteiger partial charge on any atom is 0.338 e. The molecule has 0 unspecified atom stereocenters. The molecule has 1 aliphatic rings. The molecule has 1 aliphatic carbocycles. The van der Waals surface area contributed by atoms with Crippen LogP contribution in [0, 0.1) is 11.3 Å². The van der Waals surface area contributed by atoms with Crippen LogP contribution in [0.5, 0.6) is 0 Å². The van der Waals surface area contributed by atoms with Crippen LogP contribution < -0.4 is 0 Å². The largest absolute Gasteiger partial charge is 0.459 e. The highest BCUT2D eigenvalue weighted by molar-refractivity contribution is 5.90. The quantitative estimate of drug-likeness (QED) is 0.810. The lowest BCUT2D eigenvalue weighted by molar-refractivity contribution is 0.0378. The molecule has 1 heterocycles. The van der Waals surface area contributed by atoms with E-state index < -0.39 is 0 Å². The molecule has 0 amide bonds. The monoisotopic (exact) mass is 296 g/mol. The fraction of sp³-hybridized carbons (Fsp3) is 0.375.